The Kier molecular flexibility index (Phi) is 2.10. The van der Waals surface area contributed by atoms with Crippen LogP contribution in [0.4, 0.5) is 0 Å². The van der Waals surface area contributed by atoms with Crippen molar-refractivity contribution >= 4 is 0 Å². The molecule has 13 heavy (non-hydrogen) atoms. The summed E-state index contributed by atoms with van der Waals surface area (Å²) in [6.45, 7) is 0.201. The van der Waals surface area contributed by atoms with Crippen LogP contribution in [0.15, 0.2) is 24.3 Å². The molecule has 2 heteroatoms. The van der Waals surface area contributed by atoms with Gasteiger partial charge in [-0.2, -0.15) is 0 Å². The summed E-state index contributed by atoms with van der Waals surface area (Å²) in [7, 11) is 0. The molecular formula is C11H15NO. The normalized spacial score (nSPS) is 18.6. The maximum Gasteiger partial charge on any atom is 0.0471 e. The Balaban J connectivity index is 2.32. The SMILES string of the molecule is NC1(c2ccccc2CCO)CC1. The van der Waals surface area contributed by atoms with Crippen LogP contribution >= 0.6 is 0 Å². The molecule has 0 aromatic heterocycles. The van der Waals surface area contributed by atoms with Gasteiger partial charge in [-0.15, -0.1) is 0 Å². The molecule has 0 heterocycles. The smallest absolute Gasteiger partial charge is 0.0471 e. The molecule has 0 amide bonds. The lowest BCUT2D eigenvalue weighted by molar-refractivity contribution is 0.299. The van der Waals surface area contributed by atoms with E-state index in [1.807, 2.05) is 12.1 Å². The molecule has 2 nitrogen and oxygen atoms in total. The van der Waals surface area contributed by atoms with Crippen molar-refractivity contribution in [1.29, 1.82) is 0 Å². The molecule has 0 atom stereocenters. The number of hydrogen-bond acceptors (Lipinski definition) is 2. The first-order valence-corrected chi connectivity index (χ1v) is 4.74. The van der Waals surface area contributed by atoms with Gasteiger partial charge in [0.2, 0.25) is 0 Å². The highest BCUT2D eigenvalue weighted by Crippen LogP contribution is 2.43. The van der Waals surface area contributed by atoms with Gasteiger partial charge < -0.3 is 10.8 Å². The zero-order chi connectivity index (χ0) is 9.31. The van der Waals surface area contributed by atoms with E-state index >= 15 is 0 Å². The molecule has 70 valence electrons. The van der Waals surface area contributed by atoms with Crippen molar-refractivity contribution in [3.05, 3.63) is 35.4 Å². The van der Waals surface area contributed by atoms with Crippen LogP contribution in [0.3, 0.4) is 0 Å². The Morgan fingerprint density at radius 1 is 1.31 bits per heavy atom. The number of benzene rings is 1. The third-order valence-electron chi connectivity index (χ3n) is 2.72. The van der Waals surface area contributed by atoms with Crippen molar-refractivity contribution in [3.63, 3.8) is 0 Å². The van der Waals surface area contributed by atoms with Crippen LogP contribution in [0, 0.1) is 0 Å². The predicted molar refractivity (Wildman–Crippen MR) is 52.3 cm³/mol. The van der Waals surface area contributed by atoms with Crippen molar-refractivity contribution in [2.45, 2.75) is 24.8 Å². The first kappa shape index (κ1) is 8.73. The molecule has 1 saturated carbocycles. The Labute approximate surface area is 78.4 Å². The Hall–Kier alpha value is -0.860. The molecule has 0 saturated heterocycles. The fourth-order valence-corrected chi connectivity index (χ4v) is 1.75. The van der Waals surface area contributed by atoms with E-state index in [1.54, 1.807) is 0 Å². The maximum atomic E-state index is 8.89. The molecule has 0 aliphatic heterocycles. The summed E-state index contributed by atoms with van der Waals surface area (Å²) in [6, 6.07) is 8.15. The molecule has 0 unspecified atom stereocenters. The van der Waals surface area contributed by atoms with Gasteiger partial charge in [0, 0.05) is 12.1 Å². The van der Waals surface area contributed by atoms with Crippen LogP contribution < -0.4 is 5.73 Å². The number of hydrogen-bond donors (Lipinski definition) is 2. The van der Waals surface area contributed by atoms with Gasteiger partial charge in [-0.1, -0.05) is 24.3 Å². The second-order valence-electron chi connectivity index (χ2n) is 3.79. The lowest BCUT2D eigenvalue weighted by Gasteiger charge is -2.13. The second-order valence-corrected chi connectivity index (χ2v) is 3.79. The van der Waals surface area contributed by atoms with Crippen LogP contribution in [0.1, 0.15) is 24.0 Å². The van der Waals surface area contributed by atoms with Crippen LogP contribution in [-0.2, 0) is 12.0 Å². The van der Waals surface area contributed by atoms with Crippen LogP contribution in [0.2, 0.25) is 0 Å². The van der Waals surface area contributed by atoms with E-state index < -0.39 is 0 Å². The quantitative estimate of drug-likeness (QED) is 0.728. The van der Waals surface area contributed by atoms with Gasteiger partial charge in [0.05, 0.1) is 0 Å². The van der Waals surface area contributed by atoms with Gasteiger partial charge in [-0.05, 0) is 30.4 Å². The topological polar surface area (TPSA) is 46.2 Å². The van der Waals surface area contributed by atoms with Gasteiger partial charge in [0.1, 0.15) is 0 Å². The standard InChI is InChI=1S/C11H15NO/c12-11(6-7-11)10-4-2-1-3-9(10)5-8-13/h1-4,13H,5-8,12H2. The van der Waals surface area contributed by atoms with Crippen molar-refractivity contribution < 1.29 is 5.11 Å². The average Bonchev–Trinajstić information content (AvgIpc) is 2.86. The minimum absolute atomic E-state index is 0.0776. The molecule has 0 bridgehead atoms. The Morgan fingerprint density at radius 2 is 2.00 bits per heavy atom. The highest BCUT2D eigenvalue weighted by atomic mass is 16.2. The van der Waals surface area contributed by atoms with Gasteiger partial charge >= 0.3 is 0 Å². The third-order valence-corrected chi connectivity index (χ3v) is 2.72. The van der Waals surface area contributed by atoms with Crippen LogP contribution in [0.25, 0.3) is 0 Å². The van der Waals surface area contributed by atoms with Crippen molar-refractivity contribution in [3.8, 4) is 0 Å². The first-order chi connectivity index (χ1) is 6.26. The highest BCUT2D eigenvalue weighted by Gasteiger charge is 2.40. The van der Waals surface area contributed by atoms with Crippen LogP contribution in [0.5, 0.6) is 0 Å². The average molecular weight is 177 g/mol. The van der Waals surface area contributed by atoms with Crippen molar-refractivity contribution in [2.75, 3.05) is 6.61 Å². The van der Waals surface area contributed by atoms with Crippen molar-refractivity contribution in [1.82, 2.24) is 0 Å². The molecule has 1 aromatic carbocycles. The van der Waals surface area contributed by atoms with E-state index in [1.165, 1.54) is 11.1 Å². The Morgan fingerprint density at radius 3 is 2.62 bits per heavy atom. The molecule has 1 aliphatic rings. The molecule has 2 rings (SSSR count). The van der Waals surface area contributed by atoms with Crippen molar-refractivity contribution in [2.24, 2.45) is 5.73 Å². The summed E-state index contributed by atoms with van der Waals surface area (Å²) >= 11 is 0. The zero-order valence-corrected chi connectivity index (χ0v) is 7.66. The van der Waals surface area contributed by atoms with E-state index in [-0.39, 0.29) is 12.1 Å². The third kappa shape index (κ3) is 1.60. The van der Waals surface area contributed by atoms with Gasteiger partial charge in [0.25, 0.3) is 0 Å². The minimum Gasteiger partial charge on any atom is -0.396 e. The highest BCUT2D eigenvalue weighted by molar-refractivity contribution is 5.37. The van der Waals surface area contributed by atoms with E-state index in [0.717, 1.165) is 19.3 Å². The fraction of sp³-hybridized carbons (Fsp3) is 0.455. The first-order valence-electron chi connectivity index (χ1n) is 4.74. The monoisotopic (exact) mass is 177 g/mol. The lowest BCUT2D eigenvalue weighted by atomic mass is 9.97. The maximum absolute atomic E-state index is 8.89. The number of rotatable bonds is 3. The van der Waals surface area contributed by atoms with Gasteiger partial charge in [-0.25, -0.2) is 0 Å². The summed E-state index contributed by atoms with van der Waals surface area (Å²) in [4.78, 5) is 0. The summed E-state index contributed by atoms with van der Waals surface area (Å²) in [5.74, 6) is 0. The van der Waals surface area contributed by atoms with Gasteiger partial charge in [-0.3, -0.25) is 0 Å². The van der Waals surface area contributed by atoms with Gasteiger partial charge in [0.15, 0.2) is 0 Å². The summed E-state index contributed by atoms with van der Waals surface area (Å²) in [6.07, 6.45) is 2.88. The number of nitrogens with two attached hydrogens (primary N) is 1. The molecular weight excluding hydrogens is 162 g/mol. The molecule has 1 aliphatic carbocycles. The second kappa shape index (κ2) is 3.13. The summed E-state index contributed by atoms with van der Waals surface area (Å²) < 4.78 is 0. The van der Waals surface area contributed by atoms with Crippen LogP contribution in [-0.4, -0.2) is 11.7 Å². The summed E-state index contributed by atoms with van der Waals surface area (Å²) in [5, 5.41) is 8.89. The molecule has 0 spiro atoms. The number of aliphatic hydroxyl groups excluding tert-OH is 1. The zero-order valence-electron chi connectivity index (χ0n) is 7.66. The summed E-state index contributed by atoms with van der Waals surface area (Å²) in [5.41, 5.74) is 8.46. The molecule has 1 fully saturated rings. The molecule has 0 radical (unpaired) electrons. The molecule has 3 N–H and O–H groups in total. The lowest BCUT2D eigenvalue weighted by Crippen LogP contribution is -2.20. The van der Waals surface area contributed by atoms with E-state index in [2.05, 4.69) is 12.1 Å². The Bertz CT molecular complexity index is 305. The fourth-order valence-electron chi connectivity index (χ4n) is 1.75. The number of aliphatic hydroxyl groups is 1. The van der Waals surface area contributed by atoms with E-state index in [0.29, 0.717) is 0 Å². The molecule has 1 aromatic rings. The minimum atomic E-state index is -0.0776. The largest absolute Gasteiger partial charge is 0.396 e. The predicted octanol–water partition coefficient (Wildman–Crippen LogP) is 1.17. The van der Waals surface area contributed by atoms with E-state index in [4.69, 9.17) is 10.8 Å². The van der Waals surface area contributed by atoms with E-state index in [9.17, 15) is 0 Å².